The summed E-state index contributed by atoms with van der Waals surface area (Å²) in [6.07, 6.45) is 7.10. The number of hydrogen-bond donors (Lipinski definition) is 1. The van der Waals surface area contributed by atoms with Crippen LogP contribution in [0.15, 0.2) is 48.5 Å². The third-order valence-corrected chi connectivity index (χ3v) is 8.07. The highest BCUT2D eigenvalue weighted by atomic mass is 15.0. The van der Waals surface area contributed by atoms with Crippen LogP contribution in [-0.2, 0) is 0 Å². The van der Waals surface area contributed by atoms with Crippen molar-refractivity contribution in [3.8, 4) is 0 Å². The van der Waals surface area contributed by atoms with Crippen molar-refractivity contribution in [2.45, 2.75) is 62.9 Å². The Hall–Kier alpha value is -1.60. The SMILES string of the molecule is CC1CCC(CC2NC3c4ccccc4C4CC2C3c2ccccc24)C1. The van der Waals surface area contributed by atoms with Gasteiger partial charge >= 0.3 is 0 Å². The zero-order valence-electron chi connectivity index (χ0n) is 15.7. The minimum absolute atomic E-state index is 0.522. The molecule has 7 atom stereocenters. The molecule has 2 aromatic rings. The van der Waals surface area contributed by atoms with Gasteiger partial charge < -0.3 is 5.32 Å². The molecule has 2 aromatic carbocycles. The Bertz CT molecular complexity index is 834. The molecule has 0 spiro atoms. The number of rotatable bonds is 2. The first-order chi connectivity index (χ1) is 12.8. The summed E-state index contributed by atoms with van der Waals surface area (Å²) in [6, 6.07) is 19.9. The molecule has 134 valence electrons. The van der Waals surface area contributed by atoms with Crippen LogP contribution >= 0.6 is 0 Å². The molecule has 4 aliphatic rings. The summed E-state index contributed by atoms with van der Waals surface area (Å²) in [5.74, 6) is 3.99. The lowest BCUT2D eigenvalue weighted by atomic mass is 9.68. The van der Waals surface area contributed by atoms with Crippen molar-refractivity contribution in [2.24, 2.45) is 17.8 Å². The Morgan fingerprint density at radius 1 is 0.846 bits per heavy atom. The van der Waals surface area contributed by atoms with Crippen molar-refractivity contribution < 1.29 is 0 Å². The molecule has 1 nitrogen and oxygen atoms in total. The van der Waals surface area contributed by atoms with E-state index in [1.54, 1.807) is 22.3 Å². The molecule has 7 unspecified atom stereocenters. The van der Waals surface area contributed by atoms with Crippen LogP contribution in [-0.4, -0.2) is 6.04 Å². The van der Waals surface area contributed by atoms with Gasteiger partial charge in [-0.05, 0) is 59.3 Å². The maximum absolute atomic E-state index is 4.16. The minimum atomic E-state index is 0.522. The van der Waals surface area contributed by atoms with Gasteiger partial charge in [0.05, 0.1) is 0 Å². The Morgan fingerprint density at radius 3 is 2.27 bits per heavy atom. The summed E-state index contributed by atoms with van der Waals surface area (Å²) in [5.41, 5.74) is 6.43. The lowest BCUT2D eigenvalue weighted by Gasteiger charge is -2.35. The van der Waals surface area contributed by atoms with Gasteiger partial charge in [-0.2, -0.15) is 0 Å². The van der Waals surface area contributed by atoms with Crippen molar-refractivity contribution in [2.75, 3.05) is 0 Å². The first-order valence-corrected chi connectivity index (χ1v) is 10.7. The van der Waals surface area contributed by atoms with E-state index in [0.29, 0.717) is 23.9 Å². The predicted octanol–water partition coefficient (Wildman–Crippen LogP) is 5.77. The Morgan fingerprint density at radius 2 is 1.54 bits per heavy atom. The zero-order valence-corrected chi connectivity index (χ0v) is 15.7. The van der Waals surface area contributed by atoms with E-state index >= 15 is 0 Å². The third-order valence-electron chi connectivity index (χ3n) is 8.07. The highest BCUT2D eigenvalue weighted by Crippen LogP contribution is 2.60. The summed E-state index contributed by atoms with van der Waals surface area (Å²) in [7, 11) is 0. The molecule has 1 aliphatic heterocycles. The summed E-state index contributed by atoms with van der Waals surface area (Å²) in [4.78, 5) is 0. The quantitative estimate of drug-likeness (QED) is 0.729. The Balaban J connectivity index is 1.43. The van der Waals surface area contributed by atoms with Gasteiger partial charge in [0, 0.05) is 23.9 Å². The normalized spacial score (nSPS) is 39.5. The van der Waals surface area contributed by atoms with Gasteiger partial charge in [0.2, 0.25) is 0 Å². The van der Waals surface area contributed by atoms with Crippen molar-refractivity contribution in [1.82, 2.24) is 5.32 Å². The van der Waals surface area contributed by atoms with Gasteiger partial charge in [0.15, 0.2) is 0 Å². The van der Waals surface area contributed by atoms with Crippen LogP contribution < -0.4 is 5.32 Å². The second kappa shape index (κ2) is 5.70. The molecule has 1 N–H and O–H groups in total. The largest absolute Gasteiger partial charge is 0.306 e. The second-order valence-corrected chi connectivity index (χ2v) is 9.51. The predicted molar refractivity (Wildman–Crippen MR) is 106 cm³/mol. The van der Waals surface area contributed by atoms with Gasteiger partial charge in [-0.1, -0.05) is 68.3 Å². The lowest BCUT2D eigenvalue weighted by Crippen LogP contribution is -2.33. The van der Waals surface area contributed by atoms with E-state index in [1.165, 1.54) is 32.1 Å². The van der Waals surface area contributed by atoms with Gasteiger partial charge in [-0.25, -0.2) is 0 Å². The summed E-state index contributed by atoms with van der Waals surface area (Å²) < 4.78 is 0. The van der Waals surface area contributed by atoms with Crippen LogP contribution in [0.3, 0.4) is 0 Å². The van der Waals surface area contributed by atoms with E-state index in [-0.39, 0.29) is 0 Å². The van der Waals surface area contributed by atoms with Crippen LogP contribution in [0.4, 0.5) is 0 Å². The van der Waals surface area contributed by atoms with E-state index in [1.807, 2.05) is 0 Å². The van der Waals surface area contributed by atoms with Crippen molar-refractivity contribution in [3.63, 3.8) is 0 Å². The fourth-order valence-electron chi connectivity index (χ4n) is 7.04. The molecule has 6 rings (SSSR count). The van der Waals surface area contributed by atoms with Gasteiger partial charge in [-0.15, -0.1) is 0 Å². The van der Waals surface area contributed by atoms with Crippen LogP contribution in [0, 0.1) is 17.8 Å². The van der Waals surface area contributed by atoms with E-state index in [0.717, 1.165) is 17.8 Å². The smallest absolute Gasteiger partial charge is 0.0398 e. The molecule has 1 heteroatoms. The second-order valence-electron chi connectivity index (χ2n) is 9.51. The summed E-state index contributed by atoms with van der Waals surface area (Å²) >= 11 is 0. The Labute approximate surface area is 157 Å². The van der Waals surface area contributed by atoms with Gasteiger partial charge in [-0.3, -0.25) is 0 Å². The molecule has 0 amide bonds. The minimum Gasteiger partial charge on any atom is -0.306 e. The lowest BCUT2D eigenvalue weighted by molar-refractivity contribution is 0.304. The maximum Gasteiger partial charge on any atom is 0.0398 e. The van der Waals surface area contributed by atoms with Crippen molar-refractivity contribution in [1.29, 1.82) is 0 Å². The number of hydrogen-bond acceptors (Lipinski definition) is 1. The number of nitrogens with one attached hydrogen (secondary N) is 1. The molecule has 26 heavy (non-hydrogen) atoms. The van der Waals surface area contributed by atoms with Gasteiger partial charge in [0.25, 0.3) is 0 Å². The molecule has 2 bridgehead atoms. The maximum atomic E-state index is 4.16. The molecule has 0 radical (unpaired) electrons. The zero-order chi connectivity index (χ0) is 17.3. The van der Waals surface area contributed by atoms with Crippen molar-refractivity contribution in [3.05, 3.63) is 70.8 Å². The highest BCUT2D eigenvalue weighted by molar-refractivity contribution is 5.52. The van der Waals surface area contributed by atoms with E-state index in [2.05, 4.69) is 60.8 Å². The fourth-order valence-corrected chi connectivity index (χ4v) is 7.04. The summed E-state index contributed by atoms with van der Waals surface area (Å²) in [6.45, 7) is 2.44. The first-order valence-electron chi connectivity index (χ1n) is 10.7. The van der Waals surface area contributed by atoms with Crippen LogP contribution in [0.2, 0.25) is 0 Å². The van der Waals surface area contributed by atoms with Crippen LogP contribution in [0.25, 0.3) is 0 Å². The monoisotopic (exact) mass is 343 g/mol. The number of benzene rings is 2. The molecule has 1 saturated heterocycles. The van der Waals surface area contributed by atoms with Crippen LogP contribution in [0.1, 0.15) is 79.2 Å². The molecule has 2 fully saturated rings. The average molecular weight is 344 g/mol. The number of fused-ring (bicyclic) bond motifs is 3. The molecule has 1 heterocycles. The van der Waals surface area contributed by atoms with E-state index in [4.69, 9.17) is 0 Å². The first kappa shape index (κ1) is 15.5. The van der Waals surface area contributed by atoms with Gasteiger partial charge in [0.1, 0.15) is 0 Å². The standard InChI is InChI=1S/C25H29N/c1-15-10-11-16(12-15)13-23-22-14-21-17-6-2-4-8-19(17)24(22)25(26-23)20-9-5-3-7-18(20)21/h2-9,15-16,21-26H,10-14H2,1H3. The van der Waals surface area contributed by atoms with E-state index < -0.39 is 0 Å². The van der Waals surface area contributed by atoms with Crippen LogP contribution in [0.5, 0.6) is 0 Å². The fraction of sp³-hybridized carbons (Fsp3) is 0.520. The third kappa shape index (κ3) is 2.13. The highest BCUT2D eigenvalue weighted by Gasteiger charge is 2.52. The summed E-state index contributed by atoms with van der Waals surface area (Å²) in [5, 5.41) is 4.16. The average Bonchev–Trinajstić information content (AvgIpc) is 3.18. The molecule has 1 saturated carbocycles. The Kier molecular flexibility index (Phi) is 3.39. The topological polar surface area (TPSA) is 12.0 Å². The molecule has 0 aromatic heterocycles. The molecule has 3 aliphatic carbocycles. The van der Waals surface area contributed by atoms with E-state index in [9.17, 15) is 0 Å². The molecular formula is C25H29N. The van der Waals surface area contributed by atoms with Crippen molar-refractivity contribution >= 4 is 0 Å². The molecular weight excluding hydrogens is 314 g/mol.